The zero-order valence-electron chi connectivity index (χ0n) is 15.5. The van der Waals surface area contributed by atoms with Crippen molar-refractivity contribution in [3.8, 4) is 28.5 Å². The SMILES string of the molecule is COc1ccc(-c2nc(NC(=O)c3c(OC)cccc3OC)sc2C)cc1. The molecule has 0 spiro atoms. The van der Waals surface area contributed by atoms with Crippen LogP contribution in [0.2, 0.25) is 0 Å². The van der Waals surface area contributed by atoms with Gasteiger partial charge in [0, 0.05) is 10.4 Å². The summed E-state index contributed by atoms with van der Waals surface area (Å²) >= 11 is 1.41. The number of aromatic nitrogens is 1. The van der Waals surface area contributed by atoms with Gasteiger partial charge in [-0.2, -0.15) is 0 Å². The summed E-state index contributed by atoms with van der Waals surface area (Å²) in [6.45, 7) is 1.97. The second-order valence-electron chi connectivity index (χ2n) is 5.64. The molecule has 27 heavy (non-hydrogen) atoms. The molecule has 3 aromatic rings. The number of carbonyl (C=O) groups is 1. The van der Waals surface area contributed by atoms with Gasteiger partial charge < -0.3 is 14.2 Å². The predicted molar refractivity (Wildman–Crippen MR) is 106 cm³/mol. The Hall–Kier alpha value is -3.06. The van der Waals surface area contributed by atoms with Gasteiger partial charge in [-0.05, 0) is 43.3 Å². The van der Waals surface area contributed by atoms with Crippen molar-refractivity contribution in [2.75, 3.05) is 26.6 Å². The molecule has 0 aliphatic heterocycles. The quantitative estimate of drug-likeness (QED) is 0.682. The smallest absolute Gasteiger partial charge is 0.265 e. The molecule has 0 unspecified atom stereocenters. The number of nitrogens with zero attached hydrogens (tertiary/aromatic N) is 1. The molecule has 0 atom stereocenters. The molecular weight excluding hydrogens is 364 g/mol. The number of rotatable bonds is 6. The molecule has 0 bridgehead atoms. The van der Waals surface area contributed by atoms with Crippen molar-refractivity contribution in [2.24, 2.45) is 0 Å². The van der Waals surface area contributed by atoms with Gasteiger partial charge in [0.05, 0.1) is 27.0 Å². The van der Waals surface area contributed by atoms with Crippen molar-refractivity contribution in [2.45, 2.75) is 6.92 Å². The first kappa shape index (κ1) is 18.7. The average molecular weight is 384 g/mol. The Morgan fingerprint density at radius 2 is 1.59 bits per heavy atom. The van der Waals surface area contributed by atoms with Gasteiger partial charge in [0.15, 0.2) is 5.13 Å². The molecule has 1 aromatic heterocycles. The van der Waals surface area contributed by atoms with Gasteiger partial charge in [0.1, 0.15) is 22.8 Å². The highest BCUT2D eigenvalue weighted by Gasteiger charge is 2.20. The molecule has 1 heterocycles. The highest BCUT2D eigenvalue weighted by atomic mass is 32.1. The number of hydrogen-bond acceptors (Lipinski definition) is 6. The minimum absolute atomic E-state index is 0.334. The van der Waals surface area contributed by atoms with E-state index in [-0.39, 0.29) is 5.91 Å². The molecule has 0 radical (unpaired) electrons. The van der Waals surface area contributed by atoms with Crippen molar-refractivity contribution in [3.05, 3.63) is 52.9 Å². The van der Waals surface area contributed by atoms with E-state index in [1.54, 1.807) is 25.3 Å². The van der Waals surface area contributed by atoms with Crippen LogP contribution in [0.4, 0.5) is 5.13 Å². The van der Waals surface area contributed by atoms with Crippen molar-refractivity contribution in [1.82, 2.24) is 4.98 Å². The van der Waals surface area contributed by atoms with Crippen LogP contribution in [0.15, 0.2) is 42.5 Å². The van der Waals surface area contributed by atoms with E-state index in [1.165, 1.54) is 25.6 Å². The summed E-state index contributed by atoms with van der Waals surface area (Å²) in [6.07, 6.45) is 0. The Kier molecular flexibility index (Phi) is 5.61. The number of amides is 1. The van der Waals surface area contributed by atoms with Gasteiger partial charge in [-0.15, -0.1) is 11.3 Å². The lowest BCUT2D eigenvalue weighted by molar-refractivity contribution is 0.102. The van der Waals surface area contributed by atoms with Crippen LogP contribution in [0, 0.1) is 6.92 Å². The predicted octanol–water partition coefficient (Wildman–Crippen LogP) is 4.40. The number of nitrogens with one attached hydrogen (secondary N) is 1. The summed E-state index contributed by atoms with van der Waals surface area (Å²) in [5.74, 6) is 1.33. The third-order valence-corrected chi connectivity index (χ3v) is 4.92. The van der Waals surface area contributed by atoms with Crippen molar-refractivity contribution < 1.29 is 19.0 Å². The zero-order valence-corrected chi connectivity index (χ0v) is 16.3. The van der Waals surface area contributed by atoms with Crippen LogP contribution in [-0.2, 0) is 0 Å². The fourth-order valence-electron chi connectivity index (χ4n) is 2.70. The number of carbonyl (C=O) groups excluding carboxylic acids is 1. The Balaban J connectivity index is 1.88. The van der Waals surface area contributed by atoms with E-state index in [4.69, 9.17) is 14.2 Å². The van der Waals surface area contributed by atoms with Crippen LogP contribution < -0.4 is 19.5 Å². The molecule has 0 aliphatic carbocycles. The first-order valence-electron chi connectivity index (χ1n) is 8.21. The fourth-order valence-corrected chi connectivity index (χ4v) is 3.53. The molecule has 0 fully saturated rings. The van der Waals surface area contributed by atoms with Gasteiger partial charge in [-0.3, -0.25) is 10.1 Å². The molecule has 0 aliphatic rings. The maximum atomic E-state index is 12.8. The molecular formula is C20H20N2O4S. The minimum Gasteiger partial charge on any atom is -0.497 e. The third-order valence-electron chi connectivity index (χ3n) is 4.04. The molecule has 0 saturated carbocycles. The van der Waals surface area contributed by atoms with E-state index >= 15 is 0 Å². The molecule has 140 valence electrons. The normalized spacial score (nSPS) is 10.4. The summed E-state index contributed by atoms with van der Waals surface area (Å²) < 4.78 is 15.8. The van der Waals surface area contributed by atoms with Crippen LogP contribution in [0.25, 0.3) is 11.3 Å². The van der Waals surface area contributed by atoms with Crippen molar-refractivity contribution in [1.29, 1.82) is 0 Å². The number of methoxy groups -OCH3 is 3. The molecule has 1 amide bonds. The summed E-state index contributed by atoms with van der Waals surface area (Å²) in [4.78, 5) is 18.4. The molecule has 6 nitrogen and oxygen atoms in total. The maximum absolute atomic E-state index is 12.8. The summed E-state index contributed by atoms with van der Waals surface area (Å²) in [6, 6.07) is 12.8. The molecule has 2 aromatic carbocycles. The minimum atomic E-state index is -0.334. The van der Waals surface area contributed by atoms with Gasteiger partial charge in [0.25, 0.3) is 5.91 Å². The lowest BCUT2D eigenvalue weighted by Crippen LogP contribution is -2.14. The topological polar surface area (TPSA) is 69.7 Å². The number of hydrogen-bond donors (Lipinski definition) is 1. The average Bonchev–Trinajstić information content (AvgIpc) is 3.07. The Bertz CT molecular complexity index is 929. The number of anilines is 1. The monoisotopic (exact) mass is 384 g/mol. The number of thiazole rings is 1. The highest BCUT2D eigenvalue weighted by molar-refractivity contribution is 7.16. The molecule has 1 N–H and O–H groups in total. The number of ether oxygens (including phenoxy) is 3. The zero-order chi connectivity index (χ0) is 19.4. The van der Waals surface area contributed by atoms with E-state index < -0.39 is 0 Å². The lowest BCUT2D eigenvalue weighted by atomic mass is 10.1. The van der Waals surface area contributed by atoms with Crippen molar-refractivity contribution >= 4 is 22.4 Å². The number of aryl methyl sites for hydroxylation is 1. The van der Waals surface area contributed by atoms with E-state index in [1.807, 2.05) is 31.2 Å². The fraction of sp³-hybridized carbons (Fsp3) is 0.200. The van der Waals surface area contributed by atoms with Gasteiger partial charge in [0.2, 0.25) is 0 Å². The molecule has 3 rings (SSSR count). The van der Waals surface area contributed by atoms with Crippen molar-refractivity contribution in [3.63, 3.8) is 0 Å². The Morgan fingerprint density at radius 3 is 2.15 bits per heavy atom. The first-order chi connectivity index (χ1) is 13.1. The largest absolute Gasteiger partial charge is 0.497 e. The highest BCUT2D eigenvalue weighted by Crippen LogP contribution is 2.33. The van der Waals surface area contributed by atoms with E-state index in [9.17, 15) is 4.79 Å². The Labute approximate surface area is 161 Å². The second kappa shape index (κ2) is 8.09. The maximum Gasteiger partial charge on any atom is 0.265 e. The van der Waals surface area contributed by atoms with Crippen LogP contribution in [0.3, 0.4) is 0 Å². The summed E-state index contributed by atoms with van der Waals surface area (Å²) in [5, 5.41) is 3.36. The van der Waals surface area contributed by atoms with E-state index in [0.717, 1.165) is 21.9 Å². The van der Waals surface area contributed by atoms with Gasteiger partial charge in [-0.1, -0.05) is 6.07 Å². The number of benzene rings is 2. The van der Waals surface area contributed by atoms with Gasteiger partial charge >= 0.3 is 0 Å². The van der Waals surface area contributed by atoms with Crippen LogP contribution >= 0.6 is 11.3 Å². The molecule has 7 heteroatoms. The lowest BCUT2D eigenvalue weighted by Gasteiger charge is -2.11. The standard InChI is InChI=1S/C20H20N2O4S/c1-12-18(13-8-10-14(24-2)11-9-13)21-20(27-12)22-19(23)17-15(25-3)6-5-7-16(17)26-4/h5-11H,1-4H3,(H,21,22,23). The second-order valence-corrected chi connectivity index (χ2v) is 6.85. The summed E-state index contributed by atoms with van der Waals surface area (Å²) in [7, 11) is 4.66. The Morgan fingerprint density at radius 1 is 0.963 bits per heavy atom. The van der Waals surface area contributed by atoms with Crippen LogP contribution in [-0.4, -0.2) is 32.2 Å². The van der Waals surface area contributed by atoms with Crippen LogP contribution in [0.5, 0.6) is 17.2 Å². The van der Waals surface area contributed by atoms with E-state index in [2.05, 4.69) is 10.3 Å². The van der Waals surface area contributed by atoms with Crippen LogP contribution in [0.1, 0.15) is 15.2 Å². The van der Waals surface area contributed by atoms with E-state index in [0.29, 0.717) is 22.2 Å². The van der Waals surface area contributed by atoms with Gasteiger partial charge in [-0.25, -0.2) is 4.98 Å². The molecule has 0 saturated heterocycles. The first-order valence-corrected chi connectivity index (χ1v) is 9.03. The summed E-state index contributed by atoms with van der Waals surface area (Å²) in [5.41, 5.74) is 2.12. The third kappa shape index (κ3) is 3.88.